The molecule has 0 saturated carbocycles. The van der Waals surface area contributed by atoms with Crippen LogP contribution >= 0.6 is 0 Å². The van der Waals surface area contributed by atoms with Gasteiger partial charge in [-0.2, -0.15) is 0 Å². The van der Waals surface area contributed by atoms with Crippen molar-refractivity contribution in [2.75, 3.05) is 13.1 Å². The Morgan fingerprint density at radius 1 is 1.40 bits per heavy atom. The van der Waals surface area contributed by atoms with E-state index in [0.717, 1.165) is 19.5 Å². The van der Waals surface area contributed by atoms with Crippen molar-refractivity contribution in [2.45, 2.75) is 25.8 Å². The number of hydrogen-bond donors (Lipinski definition) is 2. The first-order valence-electron chi connectivity index (χ1n) is 5.86. The molecule has 0 radical (unpaired) electrons. The van der Waals surface area contributed by atoms with E-state index >= 15 is 0 Å². The van der Waals surface area contributed by atoms with Crippen LogP contribution in [0.2, 0.25) is 0 Å². The summed E-state index contributed by atoms with van der Waals surface area (Å²) in [4.78, 5) is 0. The lowest BCUT2D eigenvalue weighted by atomic mass is 9.92. The van der Waals surface area contributed by atoms with Crippen LogP contribution in [-0.2, 0) is 6.42 Å². The van der Waals surface area contributed by atoms with E-state index in [-0.39, 0.29) is 6.04 Å². The van der Waals surface area contributed by atoms with Gasteiger partial charge < -0.3 is 11.1 Å². The molecule has 1 aromatic carbocycles. The Bertz CT molecular complexity index is 299. The van der Waals surface area contributed by atoms with Crippen LogP contribution in [0.3, 0.4) is 0 Å². The maximum Gasteiger partial charge on any atom is 0.0336 e. The van der Waals surface area contributed by atoms with E-state index < -0.39 is 0 Å². The van der Waals surface area contributed by atoms with E-state index in [4.69, 9.17) is 5.73 Å². The molecule has 0 aromatic heterocycles. The molecule has 3 N–H and O–H groups in total. The summed E-state index contributed by atoms with van der Waals surface area (Å²) in [6.07, 6.45) is 2.30. The minimum Gasteiger partial charge on any atom is -0.324 e. The number of aryl methyl sites for hydroxylation is 1. The van der Waals surface area contributed by atoms with E-state index in [9.17, 15) is 0 Å². The summed E-state index contributed by atoms with van der Waals surface area (Å²) in [6.45, 7) is 4.36. The minimum absolute atomic E-state index is 0.200. The second kappa shape index (κ2) is 4.77. The lowest BCUT2D eigenvalue weighted by Crippen LogP contribution is -2.23. The molecular weight excluding hydrogens is 184 g/mol. The number of nitrogens with one attached hydrogen (secondary N) is 1. The highest BCUT2D eigenvalue weighted by Crippen LogP contribution is 2.24. The Kier molecular flexibility index (Phi) is 3.39. The molecule has 2 atom stereocenters. The van der Waals surface area contributed by atoms with Gasteiger partial charge in [-0.15, -0.1) is 0 Å². The molecule has 15 heavy (non-hydrogen) atoms. The molecule has 2 nitrogen and oxygen atoms in total. The SMILES string of the molecule is CCc1ccc(C(N)C2CCNC2)cc1. The highest BCUT2D eigenvalue weighted by Gasteiger charge is 2.22. The van der Waals surface area contributed by atoms with E-state index in [1.807, 2.05) is 0 Å². The van der Waals surface area contributed by atoms with Gasteiger partial charge in [0.2, 0.25) is 0 Å². The van der Waals surface area contributed by atoms with Crippen molar-refractivity contribution in [3.63, 3.8) is 0 Å². The van der Waals surface area contributed by atoms with Gasteiger partial charge in [0.25, 0.3) is 0 Å². The molecule has 1 aromatic rings. The third kappa shape index (κ3) is 2.39. The third-order valence-electron chi connectivity index (χ3n) is 3.38. The van der Waals surface area contributed by atoms with Crippen LogP contribution in [-0.4, -0.2) is 13.1 Å². The molecule has 0 aliphatic carbocycles. The molecule has 1 aliphatic rings. The standard InChI is InChI=1S/C13H20N2/c1-2-10-3-5-11(6-4-10)13(14)12-7-8-15-9-12/h3-6,12-13,15H,2,7-9,14H2,1H3. The van der Waals surface area contributed by atoms with E-state index in [0.29, 0.717) is 5.92 Å². The van der Waals surface area contributed by atoms with Gasteiger partial charge in [-0.05, 0) is 43.0 Å². The summed E-state index contributed by atoms with van der Waals surface area (Å²) >= 11 is 0. The summed E-state index contributed by atoms with van der Waals surface area (Å²) in [6, 6.07) is 8.95. The van der Waals surface area contributed by atoms with E-state index in [2.05, 4.69) is 36.5 Å². The first-order valence-corrected chi connectivity index (χ1v) is 5.86. The van der Waals surface area contributed by atoms with E-state index in [1.165, 1.54) is 17.5 Å². The number of nitrogens with two attached hydrogens (primary N) is 1. The minimum atomic E-state index is 0.200. The summed E-state index contributed by atoms with van der Waals surface area (Å²) in [5.74, 6) is 0.609. The molecule has 2 rings (SSSR count). The monoisotopic (exact) mass is 204 g/mol. The number of benzene rings is 1. The summed E-state index contributed by atoms with van der Waals surface area (Å²) in [5, 5.41) is 3.37. The predicted octanol–water partition coefficient (Wildman–Crippen LogP) is 1.86. The van der Waals surface area contributed by atoms with Gasteiger partial charge in [0.1, 0.15) is 0 Å². The molecule has 1 aliphatic heterocycles. The first kappa shape index (κ1) is 10.7. The number of rotatable bonds is 3. The summed E-state index contributed by atoms with van der Waals surface area (Å²) < 4.78 is 0. The molecule has 2 unspecified atom stereocenters. The van der Waals surface area contributed by atoms with E-state index in [1.54, 1.807) is 0 Å². The van der Waals surface area contributed by atoms with Gasteiger partial charge in [-0.3, -0.25) is 0 Å². The van der Waals surface area contributed by atoms with Gasteiger partial charge in [0.05, 0.1) is 0 Å². The fourth-order valence-corrected chi connectivity index (χ4v) is 2.23. The van der Waals surface area contributed by atoms with Crippen LogP contribution in [0.5, 0.6) is 0 Å². The van der Waals surface area contributed by atoms with Crippen molar-refractivity contribution >= 4 is 0 Å². The highest BCUT2D eigenvalue weighted by molar-refractivity contribution is 5.25. The molecule has 2 heteroatoms. The topological polar surface area (TPSA) is 38.0 Å². The molecule has 1 saturated heterocycles. The average molecular weight is 204 g/mol. The van der Waals surface area contributed by atoms with Crippen LogP contribution in [0.4, 0.5) is 0 Å². The summed E-state index contributed by atoms with van der Waals surface area (Å²) in [5.41, 5.74) is 8.92. The van der Waals surface area contributed by atoms with Gasteiger partial charge in [-0.25, -0.2) is 0 Å². The normalized spacial score (nSPS) is 22.9. The molecular formula is C13H20N2. The fraction of sp³-hybridized carbons (Fsp3) is 0.538. The van der Waals surface area contributed by atoms with Crippen molar-refractivity contribution in [3.05, 3.63) is 35.4 Å². The number of hydrogen-bond acceptors (Lipinski definition) is 2. The highest BCUT2D eigenvalue weighted by atomic mass is 14.9. The Hall–Kier alpha value is -0.860. The van der Waals surface area contributed by atoms with Gasteiger partial charge in [-0.1, -0.05) is 31.2 Å². The zero-order chi connectivity index (χ0) is 10.7. The lowest BCUT2D eigenvalue weighted by Gasteiger charge is -2.18. The molecule has 0 bridgehead atoms. The van der Waals surface area contributed by atoms with Crippen molar-refractivity contribution in [3.8, 4) is 0 Å². The Balaban J connectivity index is 2.07. The first-order chi connectivity index (χ1) is 7.31. The van der Waals surface area contributed by atoms with Gasteiger partial charge >= 0.3 is 0 Å². The predicted molar refractivity (Wildman–Crippen MR) is 63.7 cm³/mol. The quantitative estimate of drug-likeness (QED) is 0.788. The zero-order valence-corrected chi connectivity index (χ0v) is 9.37. The van der Waals surface area contributed by atoms with Crippen molar-refractivity contribution in [1.82, 2.24) is 5.32 Å². The van der Waals surface area contributed by atoms with Crippen molar-refractivity contribution < 1.29 is 0 Å². The Morgan fingerprint density at radius 3 is 2.67 bits per heavy atom. The van der Waals surface area contributed by atoms with Gasteiger partial charge in [0.15, 0.2) is 0 Å². The van der Waals surface area contributed by atoms with Gasteiger partial charge in [0, 0.05) is 6.04 Å². The van der Waals surface area contributed by atoms with Crippen LogP contribution in [0.1, 0.15) is 30.5 Å². The molecule has 1 fully saturated rings. The largest absolute Gasteiger partial charge is 0.324 e. The lowest BCUT2D eigenvalue weighted by molar-refractivity contribution is 0.470. The Morgan fingerprint density at radius 2 is 2.13 bits per heavy atom. The smallest absolute Gasteiger partial charge is 0.0336 e. The van der Waals surface area contributed by atoms with Crippen molar-refractivity contribution in [1.29, 1.82) is 0 Å². The maximum absolute atomic E-state index is 6.25. The van der Waals surface area contributed by atoms with Crippen molar-refractivity contribution in [2.24, 2.45) is 11.7 Å². The third-order valence-corrected chi connectivity index (χ3v) is 3.38. The molecule has 82 valence electrons. The molecule has 1 heterocycles. The Labute approximate surface area is 91.9 Å². The summed E-state index contributed by atoms with van der Waals surface area (Å²) in [7, 11) is 0. The van der Waals surface area contributed by atoms with Crippen LogP contribution in [0, 0.1) is 5.92 Å². The maximum atomic E-state index is 6.25. The fourth-order valence-electron chi connectivity index (χ4n) is 2.23. The van der Waals surface area contributed by atoms with Crippen LogP contribution < -0.4 is 11.1 Å². The second-order valence-electron chi connectivity index (χ2n) is 4.37. The van der Waals surface area contributed by atoms with Crippen LogP contribution in [0.25, 0.3) is 0 Å². The van der Waals surface area contributed by atoms with Crippen LogP contribution in [0.15, 0.2) is 24.3 Å². The zero-order valence-electron chi connectivity index (χ0n) is 9.37. The molecule has 0 spiro atoms. The second-order valence-corrected chi connectivity index (χ2v) is 4.37. The molecule has 0 amide bonds. The average Bonchev–Trinajstić information content (AvgIpc) is 2.82.